The summed E-state index contributed by atoms with van der Waals surface area (Å²) in [4.78, 5) is 30.9. The van der Waals surface area contributed by atoms with Crippen molar-refractivity contribution in [1.82, 2.24) is 9.88 Å². The topological polar surface area (TPSA) is 71.5 Å². The standard InChI is InChI=1S/C20H21Cl2N3O3/c1-13(28-17-5-3-2-4-16(17)22)20(27)25-10-8-14(9-11-25)19(26)24-18-7-6-15(21)12-23-18/h2-7,12-14H,8-11H2,1H3,(H,23,24,26). The van der Waals surface area contributed by atoms with Gasteiger partial charge in [0.1, 0.15) is 11.6 Å². The number of hydrogen-bond donors (Lipinski definition) is 1. The summed E-state index contributed by atoms with van der Waals surface area (Å²) in [6, 6.07) is 10.4. The fourth-order valence-corrected chi connectivity index (χ4v) is 3.37. The number of pyridine rings is 1. The fraction of sp³-hybridized carbons (Fsp3) is 0.350. The molecule has 0 bridgehead atoms. The van der Waals surface area contributed by atoms with Crippen molar-refractivity contribution in [2.24, 2.45) is 5.92 Å². The minimum Gasteiger partial charge on any atom is -0.479 e. The first-order valence-corrected chi connectivity index (χ1v) is 9.82. The van der Waals surface area contributed by atoms with Crippen LogP contribution in [0.1, 0.15) is 19.8 Å². The summed E-state index contributed by atoms with van der Waals surface area (Å²) in [6.07, 6.45) is 2.01. The van der Waals surface area contributed by atoms with Gasteiger partial charge in [0.2, 0.25) is 5.91 Å². The van der Waals surface area contributed by atoms with E-state index in [1.807, 2.05) is 0 Å². The van der Waals surface area contributed by atoms with Gasteiger partial charge in [-0.3, -0.25) is 9.59 Å². The van der Waals surface area contributed by atoms with Gasteiger partial charge in [-0.15, -0.1) is 0 Å². The van der Waals surface area contributed by atoms with Crippen molar-refractivity contribution in [3.05, 3.63) is 52.6 Å². The molecule has 0 saturated carbocycles. The Morgan fingerprint density at radius 1 is 1.18 bits per heavy atom. The maximum atomic E-state index is 12.6. The molecule has 1 aromatic heterocycles. The molecule has 2 aromatic rings. The highest BCUT2D eigenvalue weighted by Crippen LogP contribution is 2.25. The van der Waals surface area contributed by atoms with Crippen LogP contribution in [0, 0.1) is 5.92 Å². The number of halogens is 2. The van der Waals surface area contributed by atoms with Gasteiger partial charge in [-0.05, 0) is 44.0 Å². The average Bonchev–Trinajstić information content (AvgIpc) is 2.71. The lowest BCUT2D eigenvalue weighted by Crippen LogP contribution is -2.46. The van der Waals surface area contributed by atoms with E-state index in [1.54, 1.807) is 48.2 Å². The van der Waals surface area contributed by atoms with Crippen LogP contribution in [0.2, 0.25) is 10.0 Å². The zero-order valence-corrected chi connectivity index (χ0v) is 16.9. The highest BCUT2D eigenvalue weighted by molar-refractivity contribution is 6.32. The SMILES string of the molecule is CC(Oc1ccccc1Cl)C(=O)N1CCC(C(=O)Nc2ccc(Cl)cn2)CC1. The van der Waals surface area contributed by atoms with E-state index in [2.05, 4.69) is 10.3 Å². The molecule has 1 N–H and O–H groups in total. The van der Waals surface area contributed by atoms with Crippen molar-refractivity contribution in [3.8, 4) is 5.75 Å². The maximum Gasteiger partial charge on any atom is 0.263 e. The van der Waals surface area contributed by atoms with Crippen LogP contribution in [0.15, 0.2) is 42.6 Å². The van der Waals surface area contributed by atoms with Gasteiger partial charge in [0.25, 0.3) is 5.91 Å². The Bertz CT molecular complexity index is 837. The number of piperidine rings is 1. The molecule has 0 radical (unpaired) electrons. The monoisotopic (exact) mass is 421 g/mol. The number of nitrogens with one attached hydrogen (secondary N) is 1. The van der Waals surface area contributed by atoms with Crippen molar-refractivity contribution < 1.29 is 14.3 Å². The minimum atomic E-state index is -0.649. The molecule has 0 aliphatic carbocycles. The molecule has 2 heterocycles. The van der Waals surface area contributed by atoms with Gasteiger partial charge in [0.05, 0.1) is 10.0 Å². The second-order valence-electron chi connectivity index (χ2n) is 6.64. The Hall–Kier alpha value is -2.31. The lowest BCUT2D eigenvalue weighted by atomic mass is 9.95. The normalized spacial score (nSPS) is 15.8. The molecule has 1 fully saturated rings. The van der Waals surface area contributed by atoms with Crippen molar-refractivity contribution in [2.75, 3.05) is 18.4 Å². The van der Waals surface area contributed by atoms with E-state index < -0.39 is 6.10 Å². The molecule has 3 rings (SSSR count). The third kappa shape index (κ3) is 5.14. The minimum absolute atomic E-state index is 0.0951. The number of rotatable bonds is 5. The Labute approximate surface area is 173 Å². The highest BCUT2D eigenvalue weighted by Gasteiger charge is 2.30. The predicted molar refractivity (Wildman–Crippen MR) is 109 cm³/mol. The molecule has 28 heavy (non-hydrogen) atoms. The Morgan fingerprint density at radius 3 is 2.54 bits per heavy atom. The van der Waals surface area contributed by atoms with Gasteiger partial charge in [0, 0.05) is 25.2 Å². The van der Waals surface area contributed by atoms with Crippen LogP contribution >= 0.6 is 23.2 Å². The van der Waals surface area contributed by atoms with E-state index in [4.69, 9.17) is 27.9 Å². The highest BCUT2D eigenvalue weighted by atomic mass is 35.5. The van der Waals surface area contributed by atoms with Crippen LogP contribution in [-0.2, 0) is 9.59 Å². The third-order valence-electron chi connectivity index (χ3n) is 4.64. The van der Waals surface area contributed by atoms with E-state index >= 15 is 0 Å². The van der Waals surface area contributed by atoms with Crippen LogP contribution < -0.4 is 10.1 Å². The first-order chi connectivity index (χ1) is 13.4. The van der Waals surface area contributed by atoms with Crippen LogP contribution in [0.4, 0.5) is 5.82 Å². The Morgan fingerprint density at radius 2 is 1.89 bits per heavy atom. The van der Waals surface area contributed by atoms with Gasteiger partial charge >= 0.3 is 0 Å². The van der Waals surface area contributed by atoms with E-state index in [0.717, 1.165) is 0 Å². The summed E-state index contributed by atoms with van der Waals surface area (Å²) in [5.74, 6) is 0.575. The van der Waals surface area contributed by atoms with Gasteiger partial charge in [0.15, 0.2) is 6.10 Å². The number of hydrogen-bond acceptors (Lipinski definition) is 4. The van der Waals surface area contributed by atoms with E-state index in [-0.39, 0.29) is 17.7 Å². The van der Waals surface area contributed by atoms with Crippen LogP contribution in [0.5, 0.6) is 5.75 Å². The van der Waals surface area contributed by atoms with Crippen LogP contribution in [-0.4, -0.2) is 40.9 Å². The summed E-state index contributed by atoms with van der Waals surface area (Å²) in [7, 11) is 0. The Kier molecular flexibility index (Phi) is 6.75. The second-order valence-corrected chi connectivity index (χ2v) is 7.48. The molecule has 1 aliphatic rings. The summed E-state index contributed by atoms with van der Waals surface area (Å²) in [5.41, 5.74) is 0. The molecule has 1 saturated heterocycles. The molecule has 8 heteroatoms. The number of benzene rings is 1. The predicted octanol–water partition coefficient (Wildman–Crippen LogP) is 4.03. The Balaban J connectivity index is 1.50. The van der Waals surface area contributed by atoms with E-state index in [1.165, 1.54) is 6.20 Å². The average molecular weight is 422 g/mol. The maximum absolute atomic E-state index is 12.6. The van der Waals surface area contributed by atoms with Crippen LogP contribution in [0.3, 0.4) is 0 Å². The van der Waals surface area contributed by atoms with Crippen molar-refractivity contribution in [3.63, 3.8) is 0 Å². The van der Waals surface area contributed by atoms with Gasteiger partial charge < -0.3 is 15.0 Å². The number of ether oxygens (including phenoxy) is 1. The van der Waals surface area contributed by atoms with E-state index in [0.29, 0.717) is 47.5 Å². The third-order valence-corrected chi connectivity index (χ3v) is 5.18. The molecule has 0 spiro atoms. The summed E-state index contributed by atoms with van der Waals surface area (Å²) < 4.78 is 5.70. The number of amides is 2. The molecule has 1 aliphatic heterocycles. The first-order valence-electron chi connectivity index (χ1n) is 9.06. The van der Waals surface area contributed by atoms with Crippen LogP contribution in [0.25, 0.3) is 0 Å². The number of anilines is 1. The zero-order valence-electron chi connectivity index (χ0n) is 15.4. The molecule has 6 nitrogen and oxygen atoms in total. The van der Waals surface area contributed by atoms with Crippen molar-refractivity contribution in [2.45, 2.75) is 25.9 Å². The second kappa shape index (κ2) is 9.26. The molecule has 1 atom stereocenters. The number of nitrogens with zero attached hydrogens (tertiary/aromatic N) is 2. The molecule has 1 aromatic carbocycles. The van der Waals surface area contributed by atoms with Crippen molar-refractivity contribution in [1.29, 1.82) is 0 Å². The number of likely N-dealkylation sites (tertiary alicyclic amines) is 1. The first kappa shape index (κ1) is 20.4. The quantitative estimate of drug-likeness (QED) is 0.790. The van der Waals surface area contributed by atoms with E-state index in [9.17, 15) is 9.59 Å². The zero-order chi connectivity index (χ0) is 20.1. The molecular weight excluding hydrogens is 401 g/mol. The summed E-state index contributed by atoms with van der Waals surface area (Å²) in [5, 5.41) is 3.77. The summed E-state index contributed by atoms with van der Waals surface area (Å²) >= 11 is 11.9. The van der Waals surface area contributed by atoms with Crippen molar-refractivity contribution >= 4 is 40.8 Å². The van der Waals surface area contributed by atoms with Gasteiger partial charge in [-0.25, -0.2) is 4.98 Å². The number of carbonyl (C=O) groups excluding carboxylic acids is 2. The number of para-hydroxylation sites is 1. The van der Waals surface area contributed by atoms with Gasteiger partial charge in [-0.2, -0.15) is 0 Å². The summed E-state index contributed by atoms with van der Waals surface area (Å²) in [6.45, 7) is 2.71. The molecule has 2 amide bonds. The number of aromatic nitrogens is 1. The molecule has 148 valence electrons. The fourth-order valence-electron chi connectivity index (χ4n) is 3.08. The molecular formula is C20H21Cl2N3O3. The lowest BCUT2D eigenvalue weighted by molar-refractivity contribution is -0.140. The number of carbonyl (C=O) groups is 2. The lowest BCUT2D eigenvalue weighted by Gasteiger charge is -2.33. The largest absolute Gasteiger partial charge is 0.479 e. The van der Waals surface area contributed by atoms with Gasteiger partial charge in [-0.1, -0.05) is 35.3 Å². The smallest absolute Gasteiger partial charge is 0.263 e. The molecule has 1 unspecified atom stereocenters.